The van der Waals surface area contributed by atoms with Gasteiger partial charge in [0.05, 0.1) is 5.69 Å². The van der Waals surface area contributed by atoms with Crippen LogP contribution in [0.1, 0.15) is 5.56 Å². The summed E-state index contributed by atoms with van der Waals surface area (Å²) in [5.74, 6) is -3.06. The molecule has 0 radical (unpaired) electrons. The molecule has 0 bridgehead atoms. The summed E-state index contributed by atoms with van der Waals surface area (Å²) in [6.07, 6.45) is 0. The van der Waals surface area contributed by atoms with E-state index in [4.69, 9.17) is 5.11 Å². The van der Waals surface area contributed by atoms with Crippen molar-refractivity contribution in [2.75, 3.05) is 5.32 Å². The topological polar surface area (TPSA) is 32.3 Å². The van der Waals surface area contributed by atoms with Crippen LogP contribution in [0.4, 0.5) is 18.9 Å². The normalized spacial score (nSPS) is 10.4. The monoisotopic (exact) mass is 253 g/mol. The van der Waals surface area contributed by atoms with Gasteiger partial charge >= 0.3 is 0 Å². The molecule has 2 aromatic rings. The van der Waals surface area contributed by atoms with Gasteiger partial charge in [0.1, 0.15) is 11.6 Å². The molecule has 0 aliphatic rings. The summed E-state index contributed by atoms with van der Waals surface area (Å²) in [5.41, 5.74) is 0.666. The Labute approximate surface area is 102 Å². The van der Waals surface area contributed by atoms with Crippen molar-refractivity contribution in [3.63, 3.8) is 0 Å². The van der Waals surface area contributed by atoms with Crippen LogP contribution in [0.3, 0.4) is 0 Å². The summed E-state index contributed by atoms with van der Waals surface area (Å²) in [4.78, 5) is 0. The molecule has 0 atom stereocenters. The Morgan fingerprint density at radius 2 is 1.50 bits per heavy atom. The van der Waals surface area contributed by atoms with Gasteiger partial charge in [-0.25, -0.2) is 13.2 Å². The first-order valence-electron chi connectivity index (χ1n) is 5.22. The third-order valence-corrected chi connectivity index (χ3v) is 2.43. The molecule has 94 valence electrons. The maximum Gasteiger partial charge on any atom is 0.161 e. The predicted octanol–water partition coefficient (Wildman–Crippen LogP) is 3.42. The second kappa shape index (κ2) is 5.00. The molecule has 0 saturated carbocycles. The number of hydrogen-bond acceptors (Lipinski definition) is 2. The quantitative estimate of drug-likeness (QED) is 0.821. The van der Waals surface area contributed by atoms with Crippen LogP contribution < -0.4 is 5.32 Å². The van der Waals surface area contributed by atoms with Crippen LogP contribution in [-0.2, 0) is 6.54 Å². The van der Waals surface area contributed by atoms with Gasteiger partial charge in [-0.15, -0.1) is 0 Å². The number of aromatic hydroxyl groups is 1. The van der Waals surface area contributed by atoms with Crippen molar-refractivity contribution < 1.29 is 18.3 Å². The minimum Gasteiger partial charge on any atom is -0.508 e. The Morgan fingerprint density at radius 1 is 0.889 bits per heavy atom. The molecule has 18 heavy (non-hydrogen) atoms. The largest absolute Gasteiger partial charge is 0.508 e. The van der Waals surface area contributed by atoms with Gasteiger partial charge in [-0.3, -0.25) is 0 Å². The van der Waals surface area contributed by atoms with Crippen LogP contribution in [0.15, 0.2) is 36.4 Å². The Balaban J connectivity index is 2.10. The number of halogens is 3. The van der Waals surface area contributed by atoms with Gasteiger partial charge in [0.15, 0.2) is 11.6 Å². The highest BCUT2D eigenvalue weighted by Gasteiger charge is 2.09. The number of benzene rings is 2. The molecule has 0 aliphatic heterocycles. The van der Waals surface area contributed by atoms with E-state index in [0.717, 1.165) is 11.6 Å². The van der Waals surface area contributed by atoms with Gasteiger partial charge in [-0.1, -0.05) is 12.1 Å². The van der Waals surface area contributed by atoms with E-state index in [1.807, 2.05) is 0 Å². The predicted molar refractivity (Wildman–Crippen MR) is 61.7 cm³/mol. The number of phenolic OH excluding ortho intramolecular Hbond substituents is 1. The third-order valence-electron chi connectivity index (χ3n) is 2.43. The zero-order chi connectivity index (χ0) is 13.1. The van der Waals surface area contributed by atoms with E-state index in [0.29, 0.717) is 6.07 Å². The van der Waals surface area contributed by atoms with Crippen molar-refractivity contribution in [2.24, 2.45) is 0 Å². The molecule has 0 aromatic heterocycles. The van der Waals surface area contributed by atoms with Gasteiger partial charge in [0, 0.05) is 18.7 Å². The Hall–Kier alpha value is -2.17. The minimum absolute atomic E-state index is 0.109. The standard InChI is InChI=1S/C13H10F3NO/c14-10-5-12(16)13(6-11(10)15)17-7-8-1-3-9(18)4-2-8/h1-6,17-18H,7H2. The van der Waals surface area contributed by atoms with Crippen molar-refractivity contribution in [3.05, 3.63) is 59.4 Å². The average Bonchev–Trinajstić information content (AvgIpc) is 2.34. The lowest BCUT2D eigenvalue weighted by atomic mass is 10.2. The number of phenols is 1. The summed E-state index contributed by atoms with van der Waals surface area (Å²) >= 11 is 0. The van der Waals surface area contributed by atoms with Gasteiger partial charge in [-0.2, -0.15) is 0 Å². The van der Waals surface area contributed by atoms with E-state index >= 15 is 0 Å². The molecule has 0 amide bonds. The Morgan fingerprint density at radius 3 is 2.17 bits per heavy atom. The fourth-order valence-electron chi connectivity index (χ4n) is 1.47. The first-order chi connectivity index (χ1) is 8.56. The van der Waals surface area contributed by atoms with E-state index in [2.05, 4.69) is 5.32 Å². The zero-order valence-electron chi connectivity index (χ0n) is 9.25. The van der Waals surface area contributed by atoms with Crippen LogP contribution >= 0.6 is 0 Å². The van der Waals surface area contributed by atoms with E-state index < -0.39 is 17.5 Å². The second-order valence-corrected chi connectivity index (χ2v) is 3.77. The SMILES string of the molecule is Oc1ccc(CNc2cc(F)c(F)cc2F)cc1. The number of rotatable bonds is 3. The van der Waals surface area contributed by atoms with Gasteiger partial charge in [0.2, 0.25) is 0 Å². The minimum atomic E-state index is -1.22. The lowest BCUT2D eigenvalue weighted by molar-refractivity contribution is 0.475. The second-order valence-electron chi connectivity index (χ2n) is 3.77. The van der Waals surface area contributed by atoms with Crippen LogP contribution in [-0.4, -0.2) is 5.11 Å². The molecule has 0 saturated heterocycles. The molecule has 2 rings (SSSR count). The molecule has 2 aromatic carbocycles. The summed E-state index contributed by atoms with van der Waals surface area (Å²) in [6.45, 7) is 0.238. The van der Waals surface area contributed by atoms with Gasteiger partial charge < -0.3 is 10.4 Å². The van der Waals surface area contributed by atoms with Crippen molar-refractivity contribution >= 4 is 5.69 Å². The van der Waals surface area contributed by atoms with Crippen LogP contribution in [0.25, 0.3) is 0 Å². The van der Waals surface area contributed by atoms with E-state index in [9.17, 15) is 13.2 Å². The molecule has 0 spiro atoms. The summed E-state index contributed by atoms with van der Waals surface area (Å²) in [7, 11) is 0. The molecule has 0 unspecified atom stereocenters. The molecule has 2 N–H and O–H groups in total. The van der Waals surface area contributed by atoms with Crippen molar-refractivity contribution in [1.29, 1.82) is 0 Å². The Kier molecular flexibility index (Phi) is 3.41. The number of nitrogens with one attached hydrogen (secondary N) is 1. The maximum atomic E-state index is 13.3. The van der Waals surface area contributed by atoms with Crippen molar-refractivity contribution in [2.45, 2.75) is 6.54 Å². The molecule has 5 heteroatoms. The summed E-state index contributed by atoms with van der Waals surface area (Å²) < 4.78 is 38.9. The summed E-state index contributed by atoms with van der Waals surface area (Å²) in [5, 5.41) is 11.7. The molecule has 0 fully saturated rings. The first kappa shape index (κ1) is 12.3. The maximum absolute atomic E-state index is 13.3. The fourth-order valence-corrected chi connectivity index (χ4v) is 1.47. The molecule has 0 aliphatic carbocycles. The first-order valence-corrected chi connectivity index (χ1v) is 5.22. The molecular weight excluding hydrogens is 243 g/mol. The molecule has 0 heterocycles. The van der Waals surface area contributed by atoms with E-state index in [1.54, 1.807) is 12.1 Å². The average molecular weight is 253 g/mol. The van der Waals surface area contributed by atoms with Crippen molar-refractivity contribution in [3.8, 4) is 5.75 Å². The fraction of sp³-hybridized carbons (Fsp3) is 0.0769. The highest BCUT2D eigenvalue weighted by Crippen LogP contribution is 2.19. The number of anilines is 1. The van der Waals surface area contributed by atoms with Crippen LogP contribution in [0.5, 0.6) is 5.75 Å². The smallest absolute Gasteiger partial charge is 0.161 e. The Bertz CT molecular complexity index is 555. The van der Waals surface area contributed by atoms with E-state index in [-0.39, 0.29) is 18.0 Å². The lowest BCUT2D eigenvalue weighted by Gasteiger charge is -2.08. The molecular formula is C13H10F3NO. The van der Waals surface area contributed by atoms with Gasteiger partial charge in [-0.05, 0) is 17.7 Å². The highest BCUT2D eigenvalue weighted by molar-refractivity contribution is 5.46. The highest BCUT2D eigenvalue weighted by atomic mass is 19.2. The van der Waals surface area contributed by atoms with Crippen LogP contribution in [0.2, 0.25) is 0 Å². The number of hydrogen-bond donors (Lipinski definition) is 2. The van der Waals surface area contributed by atoms with Crippen molar-refractivity contribution in [1.82, 2.24) is 0 Å². The summed E-state index contributed by atoms with van der Waals surface area (Å²) in [6, 6.07) is 7.51. The van der Waals surface area contributed by atoms with Crippen LogP contribution in [0, 0.1) is 17.5 Å². The lowest BCUT2D eigenvalue weighted by Crippen LogP contribution is -2.02. The zero-order valence-corrected chi connectivity index (χ0v) is 9.25. The third kappa shape index (κ3) is 2.74. The molecule has 2 nitrogen and oxygen atoms in total. The van der Waals surface area contributed by atoms with Gasteiger partial charge in [0.25, 0.3) is 0 Å². The van der Waals surface area contributed by atoms with E-state index in [1.165, 1.54) is 12.1 Å².